The molecule has 0 amide bonds. The molecule has 1 rings (SSSR count). The van der Waals surface area contributed by atoms with E-state index < -0.39 is 0 Å². The van der Waals surface area contributed by atoms with Gasteiger partial charge in [-0.15, -0.1) is 0 Å². The minimum absolute atomic E-state index is 0.0694. The van der Waals surface area contributed by atoms with Gasteiger partial charge in [0, 0.05) is 5.41 Å². The second kappa shape index (κ2) is 1.09. The number of hydrogen-bond acceptors (Lipinski definition) is 1. The lowest BCUT2D eigenvalue weighted by molar-refractivity contribution is -0.112. The molecule has 0 aromatic rings. The summed E-state index contributed by atoms with van der Waals surface area (Å²) in [6.45, 7) is 4.11. The van der Waals surface area contributed by atoms with E-state index >= 15 is 0 Å². The molecule has 1 saturated carbocycles. The highest BCUT2D eigenvalue weighted by Crippen LogP contribution is 2.49. The maximum Gasteiger partial charge on any atom is 0.126 e. The molecule has 0 aromatic heterocycles. The van der Waals surface area contributed by atoms with E-state index in [1.165, 1.54) is 0 Å². The van der Waals surface area contributed by atoms with Gasteiger partial charge in [0.1, 0.15) is 6.29 Å². The zero-order valence-corrected chi connectivity index (χ0v) is 4.77. The molecule has 1 aliphatic rings. The predicted octanol–water partition coefficient (Wildman–Crippen LogP) is 1.23. The molecule has 1 heteroatoms. The van der Waals surface area contributed by atoms with Crippen molar-refractivity contribution >= 4 is 6.29 Å². The summed E-state index contributed by atoms with van der Waals surface area (Å²) in [5.41, 5.74) is 0.0694. The standard InChI is InChI=1S/C6H10O/c1-5-3-6(5,2)4-7/h4-5H,3H2,1-2H3/t5-,6+/m1/s1. The first-order valence-corrected chi connectivity index (χ1v) is 2.65. The van der Waals surface area contributed by atoms with Gasteiger partial charge in [0.05, 0.1) is 0 Å². The van der Waals surface area contributed by atoms with E-state index in [2.05, 4.69) is 6.92 Å². The summed E-state index contributed by atoms with van der Waals surface area (Å²) < 4.78 is 0. The smallest absolute Gasteiger partial charge is 0.126 e. The molecule has 40 valence electrons. The fourth-order valence-corrected chi connectivity index (χ4v) is 0.765. The Morgan fingerprint density at radius 1 is 1.86 bits per heavy atom. The second-order valence-corrected chi connectivity index (χ2v) is 2.73. The lowest BCUT2D eigenvalue weighted by Gasteiger charge is -1.90. The normalized spacial score (nSPS) is 48.6. The Morgan fingerprint density at radius 2 is 2.29 bits per heavy atom. The van der Waals surface area contributed by atoms with Crippen molar-refractivity contribution in [2.24, 2.45) is 11.3 Å². The van der Waals surface area contributed by atoms with E-state index in [0.717, 1.165) is 12.7 Å². The lowest BCUT2D eigenvalue weighted by Crippen LogP contribution is -1.95. The maximum absolute atomic E-state index is 10.1. The van der Waals surface area contributed by atoms with E-state index in [0.29, 0.717) is 5.92 Å². The van der Waals surface area contributed by atoms with Gasteiger partial charge in [0.2, 0.25) is 0 Å². The Hall–Kier alpha value is -0.330. The van der Waals surface area contributed by atoms with Gasteiger partial charge in [0.15, 0.2) is 0 Å². The van der Waals surface area contributed by atoms with Crippen LogP contribution in [0.25, 0.3) is 0 Å². The Morgan fingerprint density at radius 3 is 2.29 bits per heavy atom. The molecule has 0 radical (unpaired) electrons. The second-order valence-electron chi connectivity index (χ2n) is 2.73. The van der Waals surface area contributed by atoms with Crippen molar-refractivity contribution in [3.8, 4) is 0 Å². The Kier molecular flexibility index (Phi) is 0.748. The van der Waals surface area contributed by atoms with Gasteiger partial charge >= 0.3 is 0 Å². The first kappa shape index (κ1) is 4.82. The third kappa shape index (κ3) is 0.561. The number of carbonyl (C=O) groups excluding carboxylic acids is 1. The third-order valence-corrected chi connectivity index (χ3v) is 1.98. The van der Waals surface area contributed by atoms with Crippen LogP contribution in [0.2, 0.25) is 0 Å². The first-order chi connectivity index (χ1) is 3.19. The van der Waals surface area contributed by atoms with Crippen LogP contribution < -0.4 is 0 Å². The topological polar surface area (TPSA) is 17.1 Å². The number of carbonyl (C=O) groups is 1. The van der Waals surface area contributed by atoms with Crippen molar-refractivity contribution in [1.82, 2.24) is 0 Å². The molecular weight excluding hydrogens is 88.1 g/mol. The highest BCUT2D eigenvalue weighted by Gasteiger charge is 2.46. The van der Waals surface area contributed by atoms with Crippen molar-refractivity contribution in [2.45, 2.75) is 20.3 Å². The minimum Gasteiger partial charge on any atom is -0.303 e. The summed E-state index contributed by atoms with van der Waals surface area (Å²) >= 11 is 0. The van der Waals surface area contributed by atoms with E-state index in [-0.39, 0.29) is 5.41 Å². The van der Waals surface area contributed by atoms with E-state index in [4.69, 9.17) is 0 Å². The van der Waals surface area contributed by atoms with Crippen LogP contribution in [-0.2, 0) is 4.79 Å². The molecule has 1 nitrogen and oxygen atoms in total. The SMILES string of the molecule is C[C@@H]1C[C@@]1(C)C=O. The van der Waals surface area contributed by atoms with Crippen LogP contribution >= 0.6 is 0 Å². The van der Waals surface area contributed by atoms with Gasteiger partial charge in [-0.25, -0.2) is 0 Å². The third-order valence-electron chi connectivity index (χ3n) is 1.98. The minimum atomic E-state index is 0.0694. The van der Waals surface area contributed by atoms with Crippen molar-refractivity contribution in [2.75, 3.05) is 0 Å². The summed E-state index contributed by atoms with van der Waals surface area (Å²) in [6.07, 6.45) is 2.16. The van der Waals surface area contributed by atoms with Gasteiger partial charge in [-0.2, -0.15) is 0 Å². The van der Waals surface area contributed by atoms with Gasteiger partial charge in [-0.1, -0.05) is 13.8 Å². The van der Waals surface area contributed by atoms with E-state index in [1.54, 1.807) is 0 Å². The van der Waals surface area contributed by atoms with Crippen LogP contribution in [-0.4, -0.2) is 6.29 Å². The molecule has 0 spiro atoms. The summed E-state index contributed by atoms with van der Waals surface area (Å²) in [6, 6.07) is 0. The van der Waals surface area contributed by atoms with Crippen LogP contribution in [0.1, 0.15) is 20.3 Å². The van der Waals surface area contributed by atoms with Gasteiger partial charge in [-0.05, 0) is 12.3 Å². The summed E-state index contributed by atoms with van der Waals surface area (Å²) in [5, 5.41) is 0. The molecule has 1 aliphatic carbocycles. The van der Waals surface area contributed by atoms with Gasteiger partial charge < -0.3 is 4.79 Å². The fourth-order valence-electron chi connectivity index (χ4n) is 0.765. The van der Waals surface area contributed by atoms with E-state index in [1.807, 2.05) is 6.92 Å². The first-order valence-electron chi connectivity index (χ1n) is 2.65. The average molecular weight is 98.1 g/mol. The number of rotatable bonds is 1. The highest BCUT2D eigenvalue weighted by molar-refractivity contribution is 5.63. The predicted molar refractivity (Wildman–Crippen MR) is 28.0 cm³/mol. The molecule has 2 atom stereocenters. The molecule has 0 heterocycles. The highest BCUT2D eigenvalue weighted by atomic mass is 16.1. The summed E-state index contributed by atoms with van der Waals surface area (Å²) in [7, 11) is 0. The zero-order chi connectivity index (χ0) is 5.49. The summed E-state index contributed by atoms with van der Waals surface area (Å²) in [5.74, 6) is 0.644. The van der Waals surface area contributed by atoms with Crippen molar-refractivity contribution in [3.05, 3.63) is 0 Å². The Balaban J connectivity index is 2.51. The van der Waals surface area contributed by atoms with Gasteiger partial charge in [0.25, 0.3) is 0 Å². The maximum atomic E-state index is 10.1. The van der Waals surface area contributed by atoms with Crippen molar-refractivity contribution in [1.29, 1.82) is 0 Å². The average Bonchev–Trinajstić information content (AvgIpc) is 2.18. The van der Waals surface area contributed by atoms with Crippen LogP contribution in [0.5, 0.6) is 0 Å². The molecule has 0 saturated heterocycles. The summed E-state index contributed by atoms with van der Waals surface area (Å²) in [4.78, 5) is 10.1. The van der Waals surface area contributed by atoms with Crippen LogP contribution in [0.15, 0.2) is 0 Å². The number of aldehydes is 1. The van der Waals surface area contributed by atoms with E-state index in [9.17, 15) is 4.79 Å². The van der Waals surface area contributed by atoms with Crippen molar-refractivity contribution < 1.29 is 4.79 Å². The number of hydrogen-bond donors (Lipinski definition) is 0. The van der Waals surface area contributed by atoms with Crippen LogP contribution in [0.3, 0.4) is 0 Å². The Bertz CT molecular complexity index is 98.4. The molecular formula is C6H10O. The quantitative estimate of drug-likeness (QED) is 0.451. The molecule has 0 aliphatic heterocycles. The monoisotopic (exact) mass is 98.1 g/mol. The molecule has 1 fully saturated rings. The zero-order valence-electron chi connectivity index (χ0n) is 4.77. The van der Waals surface area contributed by atoms with Crippen molar-refractivity contribution in [3.63, 3.8) is 0 Å². The molecule has 0 unspecified atom stereocenters. The fraction of sp³-hybridized carbons (Fsp3) is 0.833. The molecule has 7 heavy (non-hydrogen) atoms. The lowest BCUT2D eigenvalue weighted by atomic mass is 10.1. The Labute approximate surface area is 43.7 Å². The van der Waals surface area contributed by atoms with Crippen LogP contribution in [0, 0.1) is 11.3 Å². The molecule has 0 bridgehead atoms. The molecule has 0 N–H and O–H groups in total. The largest absolute Gasteiger partial charge is 0.303 e. The van der Waals surface area contributed by atoms with Crippen LogP contribution in [0.4, 0.5) is 0 Å². The van der Waals surface area contributed by atoms with Gasteiger partial charge in [-0.3, -0.25) is 0 Å². The molecule has 0 aromatic carbocycles.